The van der Waals surface area contributed by atoms with Gasteiger partial charge in [0.05, 0.1) is 0 Å². The summed E-state index contributed by atoms with van der Waals surface area (Å²) in [5.41, 5.74) is 4.35. The molecule has 0 spiro atoms. The molecule has 1 atom stereocenters. The second kappa shape index (κ2) is 8.59. The maximum absolute atomic E-state index is 13.0. The van der Waals surface area contributed by atoms with E-state index in [1.165, 1.54) is 16.8 Å². The second-order valence-corrected chi connectivity index (χ2v) is 7.64. The van der Waals surface area contributed by atoms with Crippen LogP contribution in [-0.4, -0.2) is 53.0 Å². The van der Waals surface area contributed by atoms with Crippen molar-refractivity contribution in [3.8, 4) is 0 Å². The largest absolute Gasteiger partial charge is 0.368 e. The number of benzene rings is 1. The van der Waals surface area contributed by atoms with Crippen molar-refractivity contribution in [1.29, 1.82) is 0 Å². The van der Waals surface area contributed by atoms with Gasteiger partial charge in [-0.25, -0.2) is 9.97 Å². The molecule has 6 heteroatoms. The van der Waals surface area contributed by atoms with E-state index in [1.807, 2.05) is 11.8 Å². The van der Waals surface area contributed by atoms with Gasteiger partial charge < -0.3 is 15.1 Å². The number of nitrogens with one attached hydrogen (secondary N) is 1. The van der Waals surface area contributed by atoms with E-state index in [4.69, 9.17) is 0 Å². The normalized spacial score (nSPS) is 15.5. The van der Waals surface area contributed by atoms with Crippen LogP contribution in [0.3, 0.4) is 0 Å². The lowest BCUT2D eigenvalue weighted by atomic mass is 10.1. The van der Waals surface area contributed by atoms with Gasteiger partial charge in [-0.1, -0.05) is 19.1 Å². The zero-order chi connectivity index (χ0) is 20.3. The third-order valence-corrected chi connectivity index (χ3v) is 5.55. The second-order valence-electron chi connectivity index (χ2n) is 7.64. The summed E-state index contributed by atoms with van der Waals surface area (Å²) in [6, 6.07) is 8.49. The minimum atomic E-state index is -0.0154. The number of aromatic nitrogens is 2. The quantitative estimate of drug-likeness (QED) is 0.858. The number of carbonyl (C=O) groups is 1. The van der Waals surface area contributed by atoms with E-state index in [9.17, 15) is 4.79 Å². The van der Waals surface area contributed by atoms with Crippen molar-refractivity contribution in [3.63, 3.8) is 0 Å². The summed E-state index contributed by atoms with van der Waals surface area (Å²) in [7, 11) is 0. The minimum Gasteiger partial charge on any atom is -0.368 e. The molecule has 1 aliphatic heterocycles. The highest BCUT2D eigenvalue weighted by Gasteiger charge is 2.24. The van der Waals surface area contributed by atoms with Gasteiger partial charge in [-0.05, 0) is 51.3 Å². The number of aryl methyl sites for hydroxylation is 2. The van der Waals surface area contributed by atoms with Crippen LogP contribution in [0.4, 0.5) is 11.5 Å². The molecule has 3 rings (SSSR count). The van der Waals surface area contributed by atoms with E-state index in [1.54, 1.807) is 6.07 Å². The van der Waals surface area contributed by atoms with Crippen molar-refractivity contribution in [2.75, 3.05) is 36.4 Å². The van der Waals surface area contributed by atoms with Crippen LogP contribution in [-0.2, 0) is 0 Å². The molecule has 1 fully saturated rings. The SMILES string of the molecule is CCC(C)Nc1cc(C(=O)N2CCN(c3cccc(C)c3C)CC2)nc(C)n1. The Kier molecular flexibility index (Phi) is 6.17. The number of hydrogen-bond acceptors (Lipinski definition) is 5. The van der Waals surface area contributed by atoms with Crippen molar-refractivity contribution in [1.82, 2.24) is 14.9 Å². The van der Waals surface area contributed by atoms with Gasteiger partial charge in [-0.2, -0.15) is 0 Å². The fraction of sp³-hybridized carbons (Fsp3) is 0.500. The summed E-state index contributed by atoms with van der Waals surface area (Å²) in [6.07, 6.45) is 0.993. The Labute approximate surface area is 168 Å². The lowest BCUT2D eigenvalue weighted by Crippen LogP contribution is -2.49. The van der Waals surface area contributed by atoms with E-state index < -0.39 is 0 Å². The number of hydrogen-bond donors (Lipinski definition) is 1. The van der Waals surface area contributed by atoms with Crippen molar-refractivity contribution < 1.29 is 4.79 Å². The van der Waals surface area contributed by atoms with E-state index in [0.717, 1.165) is 25.3 Å². The van der Waals surface area contributed by atoms with Crippen LogP contribution in [0.25, 0.3) is 0 Å². The van der Waals surface area contributed by atoms with Gasteiger partial charge in [-0.15, -0.1) is 0 Å². The molecule has 1 amide bonds. The molecular weight excluding hydrogens is 350 g/mol. The Bertz CT molecular complexity index is 843. The fourth-order valence-electron chi connectivity index (χ4n) is 3.50. The Morgan fingerprint density at radius 1 is 1.14 bits per heavy atom. The van der Waals surface area contributed by atoms with Crippen LogP contribution >= 0.6 is 0 Å². The predicted molar refractivity (Wildman–Crippen MR) is 114 cm³/mol. The first-order valence-electron chi connectivity index (χ1n) is 10.1. The molecule has 150 valence electrons. The summed E-state index contributed by atoms with van der Waals surface area (Å²) in [5, 5.41) is 3.34. The maximum atomic E-state index is 13.0. The van der Waals surface area contributed by atoms with Gasteiger partial charge >= 0.3 is 0 Å². The van der Waals surface area contributed by atoms with Crippen LogP contribution in [0.1, 0.15) is 47.7 Å². The highest BCUT2D eigenvalue weighted by Crippen LogP contribution is 2.24. The summed E-state index contributed by atoms with van der Waals surface area (Å²) in [5.74, 6) is 1.32. The monoisotopic (exact) mass is 381 g/mol. The van der Waals surface area contributed by atoms with E-state index in [-0.39, 0.29) is 5.91 Å². The Balaban J connectivity index is 1.69. The molecule has 0 saturated carbocycles. The number of amides is 1. The molecule has 1 N–H and O–H groups in total. The van der Waals surface area contributed by atoms with Crippen molar-refractivity contribution >= 4 is 17.4 Å². The Morgan fingerprint density at radius 3 is 2.54 bits per heavy atom. The van der Waals surface area contributed by atoms with Crippen LogP contribution < -0.4 is 10.2 Å². The van der Waals surface area contributed by atoms with Gasteiger partial charge in [-0.3, -0.25) is 4.79 Å². The van der Waals surface area contributed by atoms with Gasteiger partial charge in [0, 0.05) is 44.0 Å². The first kappa shape index (κ1) is 20.1. The van der Waals surface area contributed by atoms with Gasteiger partial charge in [0.25, 0.3) is 5.91 Å². The lowest BCUT2D eigenvalue weighted by molar-refractivity contribution is 0.0740. The van der Waals surface area contributed by atoms with E-state index >= 15 is 0 Å². The molecule has 6 nitrogen and oxygen atoms in total. The molecule has 1 saturated heterocycles. The highest BCUT2D eigenvalue weighted by atomic mass is 16.2. The zero-order valence-electron chi connectivity index (χ0n) is 17.6. The summed E-state index contributed by atoms with van der Waals surface area (Å²) in [4.78, 5) is 26.1. The van der Waals surface area contributed by atoms with E-state index in [0.29, 0.717) is 30.6 Å². The van der Waals surface area contributed by atoms with Crippen molar-refractivity contribution in [2.45, 2.75) is 47.1 Å². The molecule has 0 radical (unpaired) electrons. The third-order valence-electron chi connectivity index (χ3n) is 5.55. The van der Waals surface area contributed by atoms with Gasteiger partial charge in [0.2, 0.25) is 0 Å². The first-order chi connectivity index (χ1) is 13.4. The topological polar surface area (TPSA) is 61.4 Å². The highest BCUT2D eigenvalue weighted by molar-refractivity contribution is 5.93. The summed E-state index contributed by atoms with van der Waals surface area (Å²) >= 11 is 0. The molecule has 2 aromatic rings. The van der Waals surface area contributed by atoms with Crippen LogP contribution in [0.2, 0.25) is 0 Å². The average molecular weight is 382 g/mol. The lowest BCUT2D eigenvalue weighted by Gasteiger charge is -2.37. The molecule has 1 aromatic carbocycles. The number of rotatable bonds is 5. The number of piperazine rings is 1. The smallest absolute Gasteiger partial charge is 0.272 e. The molecule has 1 unspecified atom stereocenters. The van der Waals surface area contributed by atoms with Gasteiger partial charge in [0.15, 0.2) is 0 Å². The molecule has 2 heterocycles. The molecule has 0 bridgehead atoms. The fourth-order valence-corrected chi connectivity index (χ4v) is 3.50. The average Bonchev–Trinajstić information content (AvgIpc) is 2.69. The van der Waals surface area contributed by atoms with Crippen LogP contribution in [0, 0.1) is 20.8 Å². The van der Waals surface area contributed by atoms with Crippen LogP contribution in [0.15, 0.2) is 24.3 Å². The molecule has 1 aliphatic rings. The molecule has 0 aliphatic carbocycles. The first-order valence-corrected chi connectivity index (χ1v) is 10.1. The molecule has 28 heavy (non-hydrogen) atoms. The molecule has 1 aromatic heterocycles. The minimum absolute atomic E-state index is 0.0154. The van der Waals surface area contributed by atoms with Crippen molar-refractivity contribution in [2.24, 2.45) is 0 Å². The summed E-state index contributed by atoms with van der Waals surface area (Å²) in [6.45, 7) is 13.4. The number of nitrogens with zero attached hydrogens (tertiary/aromatic N) is 4. The number of carbonyl (C=O) groups excluding carboxylic acids is 1. The maximum Gasteiger partial charge on any atom is 0.272 e. The van der Waals surface area contributed by atoms with Crippen molar-refractivity contribution in [3.05, 3.63) is 46.9 Å². The zero-order valence-corrected chi connectivity index (χ0v) is 17.6. The number of anilines is 2. The van der Waals surface area contributed by atoms with E-state index in [2.05, 4.69) is 66.1 Å². The molecular formula is C22H31N5O. The van der Waals surface area contributed by atoms with Crippen LogP contribution in [0.5, 0.6) is 0 Å². The Hall–Kier alpha value is -2.63. The summed E-state index contributed by atoms with van der Waals surface area (Å²) < 4.78 is 0. The third kappa shape index (κ3) is 4.43. The van der Waals surface area contributed by atoms with Gasteiger partial charge in [0.1, 0.15) is 17.3 Å². The standard InChI is InChI=1S/C22H31N5O/c1-6-16(3)23-21-14-19(24-18(5)25-21)22(28)27-12-10-26(11-13-27)20-9-7-8-15(2)17(20)4/h7-9,14,16H,6,10-13H2,1-5H3,(H,23,24,25). The predicted octanol–water partition coefficient (Wildman–Crippen LogP) is 3.57. The Morgan fingerprint density at radius 2 is 1.86 bits per heavy atom.